The summed E-state index contributed by atoms with van der Waals surface area (Å²) in [5.41, 5.74) is 1.09. The first kappa shape index (κ1) is 16.1. The van der Waals surface area contributed by atoms with Crippen molar-refractivity contribution in [3.63, 3.8) is 0 Å². The van der Waals surface area contributed by atoms with Crippen LogP contribution in [0.5, 0.6) is 0 Å². The molecule has 1 saturated heterocycles. The van der Waals surface area contributed by atoms with Gasteiger partial charge in [-0.1, -0.05) is 40.0 Å². The number of fused-ring (bicyclic) bond motifs is 7. The lowest BCUT2D eigenvalue weighted by molar-refractivity contribution is -0.141. The van der Waals surface area contributed by atoms with Crippen molar-refractivity contribution in [2.75, 3.05) is 6.79 Å². The number of ether oxygens (including phenoxy) is 2. The van der Waals surface area contributed by atoms with Crippen molar-refractivity contribution in [2.24, 2.45) is 40.4 Å². The molecule has 24 heavy (non-hydrogen) atoms. The van der Waals surface area contributed by atoms with Gasteiger partial charge in [-0.25, -0.2) is 0 Å². The molecule has 1 aliphatic heterocycles. The van der Waals surface area contributed by atoms with Crippen LogP contribution in [0.3, 0.4) is 0 Å². The lowest BCUT2D eigenvalue weighted by atomic mass is 9.44. The van der Waals surface area contributed by atoms with Crippen molar-refractivity contribution in [1.82, 2.24) is 0 Å². The van der Waals surface area contributed by atoms with Crippen LogP contribution < -0.4 is 0 Å². The normalized spacial score (nSPS) is 59.4. The predicted octanol–water partition coefficient (Wildman–Crippen LogP) is 5.41. The minimum atomic E-state index is 0.389. The van der Waals surface area contributed by atoms with E-state index in [2.05, 4.69) is 20.8 Å². The quantitative estimate of drug-likeness (QED) is 0.639. The molecule has 9 atom stereocenters. The molecule has 0 aromatic carbocycles. The largest absolute Gasteiger partial charge is 0.349 e. The van der Waals surface area contributed by atoms with E-state index in [0.29, 0.717) is 35.7 Å². The molecule has 136 valence electrons. The Labute approximate surface area is 148 Å². The van der Waals surface area contributed by atoms with Gasteiger partial charge in [0.2, 0.25) is 0 Å². The first-order valence-electron chi connectivity index (χ1n) is 10.8. The zero-order chi connectivity index (χ0) is 16.5. The molecular formula is C22H36O2. The summed E-state index contributed by atoms with van der Waals surface area (Å²) in [4.78, 5) is 0. The Hall–Kier alpha value is -0.0800. The highest BCUT2D eigenvalue weighted by Crippen LogP contribution is 2.69. The summed E-state index contributed by atoms with van der Waals surface area (Å²) in [5, 5.41) is 0. The van der Waals surface area contributed by atoms with Crippen LogP contribution in [-0.4, -0.2) is 19.0 Å². The highest BCUT2D eigenvalue weighted by atomic mass is 16.7. The SMILES string of the molecule is CC[C@H]1C2OCOC2[C@H]2[C@@H]3CCC4CCCC[C@]4(C)[C@H]3CC[C@]12C. The van der Waals surface area contributed by atoms with E-state index in [0.717, 1.165) is 23.7 Å². The maximum Gasteiger partial charge on any atom is 0.147 e. The Bertz CT molecular complexity index is 504. The molecule has 3 unspecified atom stereocenters. The second kappa shape index (κ2) is 5.46. The van der Waals surface area contributed by atoms with Crippen molar-refractivity contribution in [1.29, 1.82) is 0 Å². The third-order valence-corrected chi connectivity index (χ3v) is 9.76. The zero-order valence-corrected chi connectivity index (χ0v) is 15.9. The maximum absolute atomic E-state index is 6.24. The molecule has 2 nitrogen and oxygen atoms in total. The summed E-state index contributed by atoms with van der Waals surface area (Å²) in [6.07, 6.45) is 13.8. The molecule has 0 N–H and O–H groups in total. The van der Waals surface area contributed by atoms with E-state index in [1.807, 2.05) is 0 Å². The van der Waals surface area contributed by atoms with Gasteiger partial charge in [-0.3, -0.25) is 0 Å². The van der Waals surface area contributed by atoms with Crippen molar-refractivity contribution < 1.29 is 9.47 Å². The minimum Gasteiger partial charge on any atom is -0.349 e. The molecule has 0 aromatic heterocycles. The van der Waals surface area contributed by atoms with Crippen molar-refractivity contribution in [2.45, 2.75) is 90.8 Å². The summed E-state index contributed by atoms with van der Waals surface area (Å²) < 4.78 is 12.4. The smallest absolute Gasteiger partial charge is 0.147 e. The summed E-state index contributed by atoms with van der Waals surface area (Å²) in [5.74, 6) is 4.34. The highest BCUT2D eigenvalue weighted by Gasteiger charge is 2.66. The van der Waals surface area contributed by atoms with E-state index in [4.69, 9.17) is 9.47 Å². The van der Waals surface area contributed by atoms with Gasteiger partial charge in [-0.15, -0.1) is 0 Å². The first-order chi connectivity index (χ1) is 11.6. The Morgan fingerprint density at radius 3 is 2.54 bits per heavy atom. The third kappa shape index (κ3) is 1.91. The van der Waals surface area contributed by atoms with E-state index in [1.165, 1.54) is 57.8 Å². The Morgan fingerprint density at radius 1 is 0.875 bits per heavy atom. The third-order valence-electron chi connectivity index (χ3n) is 9.76. The fourth-order valence-electron chi connectivity index (χ4n) is 8.74. The van der Waals surface area contributed by atoms with E-state index in [1.54, 1.807) is 0 Å². The topological polar surface area (TPSA) is 18.5 Å². The fourth-order valence-corrected chi connectivity index (χ4v) is 8.74. The average Bonchev–Trinajstić information content (AvgIpc) is 3.11. The van der Waals surface area contributed by atoms with Crippen LogP contribution in [0.2, 0.25) is 0 Å². The van der Waals surface area contributed by atoms with Crippen LogP contribution in [0.4, 0.5) is 0 Å². The molecular weight excluding hydrogens is 296 g/mol. The maximum atomic E-state index is 6.24. The molecule has 4 saturated carbocycles. The van der Waals surface area contributed by atoms with Crippen LogP contribution in [-0.2, 0) is 9.47 Å². The van der Waals surface area contributed by atoms with Crippen LogP contribution in [0.25, 0.3) is 0 Å². The first-order valence-corrected chi connectivity index (χ1v) is 10.8. The number of hydrogen-bond donors (Lipinski definition) is 0. The molecule has 0 spiro atoms. The van der Waals surface area contributed by atoms with E-state index in [-0.39, 0.29) is 0 Å². The van der Waals surface area contributed by atoms with Gasteiger partial charge in [-0.2, -0.15) is 0 Å². The Morgan fingerprint density at radius 2 is 1.71 bits per heavy atom. The van der Waals surface area contributed by atoms with Gasteiger partial charge in [0.05, 0.1) is 12.2 Å². The molecule has 0 bridgehead atoms. The van der Waals surface area contributed by atoms with Gasteiger partial charge < -0.3 is 9.47 Å². The van der Waals surface area contributed by atoms with Gasteiger partial charge in [0.25, 0.3) is 0 Å². The van der Waals surface area contributed by atoms with Crippen molar-refractivity contribution in [3.8, 4) is 0 Å². The standard InChI is InChI=1S/C22H36O2/c1-4-16-19-20(24-13-23-19)18-15-9-8-14-7-5-6-11-21(14,2)17(15)10-12-22(16,18)3/h14-20H,4-13H2,1-3H3/t14?,15-,16+,17+,18-,19?,20?,21+,22-/m1/s1. The van der Waals surface area contributed by atoms with E-state index < -0.39 is 0 Å². The fraction of sp³-hybridized carbons (Fsp3) is 1.00. The lowest BCUT2D eigenvalue weighted by Gasteiger charge is -2.60. The second-order valence-electron chi connectivity index (χ2n) is 10.3. The van der Waals surface area contributed by atoms with E-state index in [9.17, 15) is 0 Å². The minimum absolute atomic E-state index is 0.389. The second-order valence-corrected chi connectivity index (χ2v) is 10.3. The monoisotopic (exact) mass is 332 g/mol. The molecule has 0 aromatic rings. The molecule has 5 aliphatic rings. The van der Waals surface area contributed by atoms with Crippen LogP contribution >= 0.6 is 0 Å². The van der Waals surface area contributed by atoms with Gasteiger partial charge >= 0.3 is 0 Å². The van der Waals surface area contributed by atoms with E-state index >= 15 is 0 Å². The summed E-state index contributed by atoms with van der Waals surface area (Å²) in [7, 11) is 0. The molecule has 5 rings (SSSR count). The van der Waals surface area contributed by atoms with Crippen LogP contribution in [0, 0.1) is 40.4 Å². The lowest BCUT2D eigenvalue weighted by Crippen LogP contribution is -2.54. The predicted molar refractivity (Wildman–Crippen MR) is 95.5 cm³/mol. The molecule has 5 fully saturated rings. The molecule has 1 heterocycles. The molecule has 2 heteroatoms. The van der Waals surface area contributed by atoms with Gasteiger partial charge in [-0.05, 0) is 78.9 Å². The zero-order valence-electron chi connectivity index (χ0n) is 15.9. The summed E-state index contributed by atoms with van der Waals surface area (Å²) in [6, 6.07) is 0. The Kier molecular flexibility index (Phi) is 3.67. The number of rotatable bonds is 1. The molecule has 4 aliphatic carbocycles. The Balaban J connectivity index is 1.51. The van der Waals surface area contributed by atoms with Crippen LogP contribution in [0.15, 0.2) is 0 Å². The van der Waals surface area contributed by atoms with Gasteiger partial charge in [0.15, 0.2) is 0 Å². The number of hydrogen-bond acceptors (Lipinski definition) is 2. The van der Waals surface area contributed by atoms with Crippen LogP contribution in [0.1, 0.15) is 78.6 Å². The average molecular weight is 333 g/mol. The molecule has 0 amide bonds. The van der Waals surface area contributed by atoms with Gasteiger partial charge in [0, 0.05) is 0 Å². The summed E-state index contributed by atoms with van der Waals surface area (Å²) in [6.45, 7) is 8.20. The van der Waals surface area contributed by atoms with Crippen molar-refractivity contribution >= 4 is 0 Å². The van der Waals surface area contributed by atoms with Crippen molar-refractivity contribution in [3.05, 3.63) is 0 Å². The highest BCUT2D eigenvalue weighted by molar-refractivity contribution is 5.14. The summed E-state index contributed by atoms with van der Waals surface area (Å²) >= 11 is 0. The van der Waals surface area contributed by atoms with Gasteiger partial charge in [0.1, 0.15) is 6.79 Å². The molecule has 0 radical (unpaired) electrons.